The van der Waals surface area contributed by atoms with E-state index in [1.807, 2.05) is 12.1 Å². The summed E-state index contributed by atoms with van der Waals surface area (Å²) in [6.45, 7) is 5.58. The molecule has 1 fully saturated rings. The number of rotatable bonds is 8. The van der Waals surface area contributed by atoms with E-state index in [9.17, 15) is 9.50 Å². The zero-order valence-electron chi connectivity index (χ0n) is 20.9. The minimum atomic E-state index is -1.14. The Morgan fingerprint density at radius 2 is 1.81 bits per heavy atom. The molecule has 3 aromatic carbocycles. The van der Waals surface area contributed by atoms with Gasteiger partial charge in [-0.2, -0.15) is 5.26 Å². The molecule has 8 heteroatoms. The summed E-state index contributed by atoms with van der Waals surface area (Å²) in [5.74, 6) is 0.273. The van der Waals surface area contributed by atoms with Gasteiger partial charge >= 0.3 is 0 Å². The average Bonchev–Trinajstić information content (AvgIpc) is 2.89. The molecule has 1 saturated heterocycles. The van der Waals surface area contributed by atoms with Gasteiger partial charge in [0, 0.05) is 31.7 Å². The first-order chi connectivity index (χ1) is 17.7. The minimum Gasteiger partial charge on any atom is -0.491 e. The van der Waals surface area contributed by atoms with Crippen LogP contribution in [0.3, 0.4) is 0 Å². The molecule has 3 aromatic rings. The van der Waals surface area contributed by atoms with Crippen LogP contribution < -0.4 is 9.64 Å². The Labute approximate surface area is 222 Å². The fourth-order valence-electron chi connectivity index (χ4n) is 4.85. The van der Waals surface area contributed by atoms with Gasteiger partial charge < -0.3 is 19.8 Å². The van der Waals surface area contributed by atoms with Crippen LogP contribution in [0, 0.1) is 17.1 Å². The van der Waals surface area contributed by atoms with Crippen LogP contribution in [0.5, 0.6) is 5.75 Å². The third-order valence-corrected chi connectivity index (χ3v) is 7.16. The van der Waals surface area contributed by atoms with E-state index in [1.165, 1.54) is 12.1 Å². The topological polar surface area (TPSA) is 80.0 Å². The molecule has 3 atom stereocenters. The van der Waals surface area contributed by atoms with E-state index in [4.69, 9.17) is 26.7 Å². The number of nitriles is 1. The first-order valence-electron chi connectivity index (χ1n) is 12.2. The molecular formula is C29H31ClFN3O3. The summed E-state index contributed by atoms with van der Waals surface area (Å²) in [6, 6.07) is 21.0. The fraction of sp³-hybridized carbons (Fsp3) is 0.345. The summed E-state index contributed by atoms with van der Waals surface area (Å²) in [5.41, 5.74) is 1.91. The van der Waals surface area contributed by atoms with Gasteiger partial charge in [-0.25, -0.2) is 4.39 Å². The summed E-state index contributed by atoms with van der Waals surface area (Å²) >= 11 is 6.69. The summed E-state index contributed by atoms with van der Waals surface area (Å²) in [7, 11) is 0. The van der Waals surface area contributed by atoms with Gasteiger partial charge in [0.05, 0.1) is 40.6 Å². The zero-order chi connectivity index (χ0) is 26.6. The normalized spacial score (nSPS) is 19.8. The molecule has 0 aromatic heterocycles. The van der Waals surface area contributed by atoms with E-state index in [1.54, 1.807) is 49.4 Å². The Bertz CT molecular complexity index is 1240. The summed E-state index contributed by atoms with van der Waals surface area (Å²) < 4.78 is 19.3. The second-order valence-corrected chi connectivity index (χ2v) is 10.1. The molecule has 37 heavy (non-hydrogen) atoms. The van der Waals surface area contributed by atoms with Crippen molar-refractivity contribution >= 4 is 17.3 Å². The van der Waals surface area contributed by atoms with Gasteiger partial charge in [-0.05, 0) is 61.4 Å². The van der Waals surface area contributed by atoms with Crippen molar-refractivity contribution in [2.24, 2.45) is 0 Å². The quantitative estimate of drug-likeness (QED) is 0.438. The van der Waals surface area contributed by atoms with Crippen molar-refractivity contribution in [3.63, 3.8) is 0 Å². The molecule has 6 nitrogen and oxygen atoms in total. The monoisotopic (exact) mass is 523 g/mol. The van der Waals surface area contributed by atoms with Crippen molar-refractivity contribution in [3.8, 4) is 11.8 Å². The Hall–Kier alpha value is -3.15. The number of benzene rings is 3. The lowest BCUT2D eigenvalue weighted by Crippen LogP contribution is -2.56. The highest BCUT2D eigenvalue weighted by Crippen LogP contribution is 2.39. The Morgan fingerprint density at radius 3 is 2.43 bits per heavy atom. The number of nitrogens with zero attached hydrogens (tertiary/aromatic N) is 3. The number of hydrogen-bond donors (Lipinski definition) is 2. The van der Waals surface area contributed by atoms with Crippen molar-refractivity contribution in [3.05, 3.63) is 94.3 Å². The predicted molar refractivity (Wildman–Crippen MR) is 142 cm³/mol. The standard InChI is InChI=1S/C29H31ClFN3O3/c1-20-17-34(27-12-11-25(15-26(27)30)37-14-13-35)28(22-5-9-24(31)10-6-22)18-33(20)19-29(2,36)23-7-3-21(16-32)4-8-23/h3-12,15,20,28,35-36H,13-14,17-19H2,1-2H3/t20-,28+,29-/m1/s1. The van der Waals surface area contributed by atoms with Crippen LogP contribution >= 0.6 is 11.6 Å². The maximum atomic E-state index is 13.8. The third kappa shape index (κ3) is 6.23. The SMILES string of the molecule is C[C@@H]1CN(c2ccc(OCCO)cc2Cl)[C@H](c2ccc(F)cc2)CN1C[C@@](C)(O)c1ccc(C#N)cc1. The molecule has 1 aliphatic rings. The highest BCUT2D eigenvalue weighted by Gasteiger charge is 2.37. The number of ether oxygens (including phenoxy) is 1. The molecule has 1 heterocycles. The van der Waals surface area contributed by atoms with Gasteiger partial charge in [0.25, 0.3) is 0 Å². The van der Waals surface area contributed by atoms with Crippen LogP contribution in [0.4, 0.5) is 10.1 Å². The molecule has 194 valence electrons. The fourth-order valence-corrected chi connectivity index (χ4v) is 5.13. The molecule has 0 aliphatic carbocycles. The van der Waals surface area contributed by atoms with Crippen molar-refractivity contribution in [2.45, 2.75) is 31.5 Å². The number of aliphatic hydroxyl groups is 2. The van der Waals surface area contributed by atoms with E-state index < -0.39 is 5.60 Å². The summed E-state index contributed by atoms with van der Waals surface area (Å²) in [6.07, 6.45) is 0. The lowest BCUT2D eigenvalue weighted by Gasteiger charge is -2.48. The largest absolute Gasteiger partial charge is 0.491 e. The van der Waals surface area contributed by atoms with Crippen molar-refractivity contribution < 1.29 is 19.3 Å². The smallest absolute Gasteiger partial charge is 0.123 e. The lowest BCUT2D eigenvalue weighted by atomic mass is 9.92. The molecule has 0 saturated carbocycles. The van der Waals surface area contributed by atoms with E-state index in [0.29, 0.717) is 36.0 Å². The Morgan fingerprint density at radius 1 is 1.11 bits per heavy atom. The van der Waals surface area contributed by atoms with Gasteiger partial charge in [-0.1, -0.05) is 35.9 Å². The van der Waals surface area contributed by atoms with E-state index >= 15 is 0 Å². The molecule has 0 radical (unpaired) electrons. The Kier molecular flexibility index (Phi) is 8.35. The first kappa shape index (κ1) is 26.9. The second kappa shape index (κ2) is 11.5. The number of aliphatic hydroxyl groups excluding tert-OH is 1. The zero-order valence-corrected chi connectivity index (χ0v) is 21.7. The number of anilines is 1. The van der Waals surface area contributed by atoms with E-state index in [0.717, 1.165) is 16.8 Å². The van der Waals surface area contributed by atoms with Crippen molar-refractivity contribution in [1.29, 1.82) is 5.26 Å². The summed E-state index contributed by atoms with van der Waals surface area (Å²) in [4.78, 5) is 4.44. The van der Waals surface area contributed by atoms with E-state index in [2.05, 4.69) is 22.8 Å². The van der Waals surface area contributed by atoms with Crippen LogP contribution in [0.15, 0.2) is 66.7 Å². The van der Waals surface area contributed by atoms with Gasteiger partial charge in [-0.15, -0.1) is 0 Å². The highest BCUT2D eigenvalue weighted by atomic mass is 35.5. The number of halogens is 2. The van der Waals surface area contributed by atoms with Gasteiger partial charge in [-0.3, -0.25) is 4.90 Å². The van der Waals surface area contributed by atoms with Gasteiger partial charge in [0.15, 0.2) is 0 Å². The van der Waals surface area contributed by atoms with Crippen LogP contribution in [-0.2, 0) is 5.60 Å². The maximum absolute atomic E-state index is 13.8. The molecule has 0 unspecified atom stereocenters. The number of hydrogen-bond acceptors (Lipinski definition) is 6. The predicted octanol–water partition coefficient (Wildman–Crippen LogP) is 4.88. The molecule has 1 aliphatic heterocycles. The van der Waals surface area contributed by atoms with Crippen LogP contribution in [0.25, 0.3) is 0 Å². The molecule has 2 N–H and O–H groups in total. The molecule has 4 rings (SSSR count). The Balaban J connectivity index is 1.63. The maximum Gasteiger partial charge on any atom is 0.123 e. The number of piperazine rings is 1. The molecule has 0 amide bonds. The molecule has 0 spiro atoms. The van der Waals surface area contributed by atoms with Crippen LogP contribution in [-0.4, -0.2) is 54.0 Å². The van der Waals surface area contributed by atoms with Gasteiger partial charge in [0.2, 0.25) is 0 Å². The first-order valence-corrected chi connectivity index (χ1v) is 12.6. The molecule has 0 bridgehead atoms. The highest BCUT2D eigenvalue weighted by molar-refractivity contribution is 6.33. The number of β-amino-alcohol motifs (C(OH)–C–C–N with tert-alkyl or cyclic N) is 1. The van der Waals surface area contributed by atoms with Crippen LogP contribution in [0.2, 0.25) is 5.02 Å². The van der Waals surface area contributed by atoms with Crippen molar-refractivity contribution in [1.82, 2.24) is 4.90 Å². The van der Waals surface area contributed by atoms with Crippen LogP contribution in [0.1, 0.15) is 36.6 Å². The van der Waals surface area contributed by atoms with Gasteiger partial charge in [0.1, 0.15) is 18.2 Å². The average molecular weight is 524 g/mol. The molecular weight excluding hydrogens is 493 g/mol. The van der Waals surface area contributed by atoms with Crippen molar-refractivity contribution in [2.75, 3.05) is 37.7 Å². The minimum absolute atomic E-state index is 0.0722. The second-order valence-electron chi connectivity index (χ2n) is 9.65. The third-order valence-electron chi connectivity index (χ3n) is 6.86. The van der Waals surface area contributed by atoms with E-state index in [-0.39, 0.29) is 31.1 Å². The summed E-state index contributed by atoms with van der Waals surface area (Å²) in [5, 5.41) is 30.1. The lowest BCUT2D eigenvalue weighted by molar-refractivity contribution is -0.00369.